The number of oxazole rings is 1. The number of carbonyl (C=O) groups is 1. The summed E-state index contributed by atoms with van der Waals surface area (Å²) in [5.41, 5.74) is 2.22. The van der Waals surface area contributed by atoms with Gasteiger partial charge in [0.1, 0.15) is 5.52 Å². The smallest absolute Gasteiger partial charge is 0.253 e. The van der Waals surface area contributed by atoms with Crippen LogP contribution >= 0.6 is 11.8 Å². The molecule has 0 radical (unpaired) electrons. The molecule has 4 nitrogen and oxygen atoms in total. The Morgan fingerprint density at radius 1 is 1.35 bits per heavy atom. The number of nitrogens with zero attached hydrogens (tertiary/aromatic N) is 2. The summed E-state index contributed by atoms with van der Waals surface area (Å²) in [7, 11) is 0. The maximum atomic E-state index is 12.4. The first-order valence-electron chi connectivity index (χ1n) is 6.92. The highest BCUT2D eigenvalue weighted by Gasteiger charge is 2.19. The molecule has 0 bridgehead atoms. The lowest BCUT2D eigenvalue weighted by Crippen LogP contribution is -2.37. The zero-order valence-corrected chi connectivity index (χ0v) is 12.6. The minimum atomic E-state index is 0.0984. The summed E-state index contributed by atoms with van der Waals surface area (Å²) in [4.78, 5) is 18.8. The fraction of sp³-hybridized carbons (Fsp3) is 0.467. The molecule has 2 aromatic rings. The lowest BCUT2D eigenvalue weighted by Gasteiger charge is -2.26. The van der Waals surface area contributed by atoms with Crippen LogP contribution in [0.2, 0.25) is 0 Å². The molecule has 0 saturated carbocycles. The summed E-state index contributed by atoms with van der Waals surface area (Å²) in [6.07, 6.45) is 0. The number of benzene rings is 1. The van der Waals surface area contributed by atoms with Gasteiger partial charge in [-0.05, 0) is 18.2 Å². The predicted molar refractivity (Wildman–Crippen MR) is 81.3 cm³/mol. The first-order chi connectivity index (χ1) is 9.65. The largest absolute Gasteiger partial charge is 0.440 e. The molecule has 0 atom stereocenters. The number of amides is 1. The highest BCUT2D eigenvalue weighted by atomic mass is 32.2. The van der Waals surface area contributed by atoms with E-state index in [0.717, 1.165) is 41.6 Å². The molecular weight excluding hydrogens is 272 g/mol. The number of hydrogen-bond acceptors (Lipinski definition) is 4. The van der Waals surface area contributed by atoms with Crippen LogP contribution in [0.25, 0.3) is 11.1 Å². The summed E-state index contributed by atoms with van der Waals surface area (Å²) in [6, 6.07) is 5.52. The Morgan fingerprint density at radius 3 is 2.80 bits per heavy atom. The number of hydrogen-bond donors (Lipinski definition) is 0. The molecule has 106 valence electrons. The number of aromatic nitrogens is 1. The van der Waals surface area contributed by atoms with E-state index in [0.29, 0.717) is 5.56 Å². The quantitative estimate of drug-likeness (QED) is 0.852. The molecule has 1 fully saturated rings. The van der Waals surface area contributed by atoms with Crippen LogP contribution in [-0.2, 0) is 0 Å². The first-order valence-corrected chi connectivity index (χ1v) is 8.08. The van der Waals surface area contributed by atoms with Crippen molar-refractivity contribution in [3.8, 4) is 0 Å². The van der Waals surface area contributed by atoms with Crippen LogP contribution in [0.3, 0.4) is 0 Å². The summed E-state index contributed by atoms with van der Waals surface area (Å²) in [5, 5.41) is 0. The van der Waals surface area contributed by atoms with Gasteiger partial charge in [-0.3, -0.25) is 4.79 Å². The first kappa shape index (κ1) is 13.5. The molecule has 0 N–H and O–H groups in total. The fourth-order valence-corrected chi connectivity index (χ4v) is 3.18. The average molecular weight is 290 g/mol. The van der Waals surface area contributed by atoms with Gasteiger partial charge >= 0.3 is 0 Å². The Kier molecular flexibility index (Phi) is 3.70. The standard InChI is InChI=1S/C15H18N2O2S/c1-10(2)14-16-12-9-11(3-4-13(12)19-14)15(18)17-5-7-20-8-6-17/h3-4,9-10H,5-8H2,1-2H3. The predicted octanol–water partition coefficient (Wildman–Crippen LogP) is 3.14. The highest BCUT2D eigenvalue weighted by molar-refractivity contribution is 7.99. The SMILES string of the molecule is CC(C)c1nc2cc(C(=O)N3CCSCC3)ccc2o1. The van der Waals surface area contributed by atoms with Gasteiger partial charge in [0, 0.05) is 36.1 Å². The molecule has 0 spiro atoms. The van der Waals surface area contributed by atoms with Crippen molar-refractivity contribution in [1.29, 1.82) is 0 Å². The molecule has 2 heterocycles. The Balaban J connectivity index is 1.89. The Labute approximate surface area is 122 Å². The lowest BCUT2D eigenvalue weighted by molar-refractivity contribution is 0.0772. The van der Waals surface area contributed by atoms with Crippen molar-refractivity contribution in [2.24, 2.45) is 0 Å². The van der Waals surface area contributed by atoms with E-state index in [2.05, 4.69) is 4.98 Å². The summed E-state index contributed by atoms with van der Waals surface area (Å²) >= 11 is 1.90. The molecule has 1 amide bonds. The van der Waals surface area contributed by atoms with Crippen molar-refractivity contribution < 1.29 is 9.21 Å². The van der Waals surface area contributed by atoms with Crippen molar-refractivity contribution in [1.82, 2.24) is 9.88 Å². The monoisotopic (exact) mass is 290 g/mol. The number of fused-ring (bicyclic) bond motifs is 1. The summed E-state index contributed by atoms with van der Waals surface area (Å²) in [5.74, 6) is 3.12. The average Bonchev–Trinajstić information content (AvgIpc) is 2.90. The van der Waals surface area contributed by atoms with Crippen molar-refractivity contribution >= 4 is 28.8 Å². The summed E-state index contributed by atoms with van der Waals surface area (Å²) < 4.78 is 5.67. The van der Waals surface area contributed by atoms with Gasteiger partial charge < -0.3 is 9.32 Å². The zero-order valence-electron chi connectivity index (χ0n) is 11.8. The molecule has 5 heteroatoms. The van der Waals surface area contributed by atoms with Crippen LogP contribution in [-0.4, -0.2) is 40.4 Å². The second kappa shape index (κ2) is 5.48. The number of rotatable bonds is 2. The minimum Gasteiger partial charge on any atom is -0.440 e. The molecular formula is C15H18N2O2S. The molecule has 1 aromatic carbocycles. The van der Waals surface area contributed by atoms with Gasteiger partial charge in [0.15, 0.2) is 11.5 Å². The van der Waals surface area contributed by atoms with E-state index in [1.54, 1.807) is 0 Å². The number of thioether (sulfide) groups is 1. The summed E-state index contributed by atoms with van der Waals surface area (Å²) in [6.45, 7) is 5.75. The lowest BCUT2D eigenvalue weighted by atomic mass is 10.2. The molecule has 0 unspecified atom stereocenters. The van der Waals surface area contributed by atoms with Gasteiger partial charge in [-0.1, -0.05) is 13.8 Å². The molecule has 1 saturated heterocycles. The zero-order chi connectivity index (χ0) is 14.1. The molecule has 1 aliphatic rings. The maximum absolute atomic E-state index is 12.4. The topological polar surface area (TPSA) is 46.3 Å². The molecule has 1 aliphatic heterocycles. The third kappa shape index (κ3) is 2.54. The highest BCUT2D eigenvalue weighted by Crippen LogP contribution is 2.23. The Morgan fingerprint density at radius 2 is 2.10 bits per heavy atom. The van der Waals surface area contributed by atoms with Crippen LogP contribution < -0.4 is 0 Å². The van der Waals surface area contributed by atoms with Crippen molar-refractivity contribution in [3.05, 3.63) is 29.7 Å². The number of carbonyl (C=O) groups excluding carboxylic acids is 1. The van der Waals surface area contributed by atoms with Crippen LogP contribution in [0.1, 0.15) is 36.0 Å². The van der Waals surface area contributed by atoms with Gasteiger partial charge in [0.2, 0.25) is 0 Å². The van der Waals surface area contributed by atoms with Crippen LogP contribution in [0.15, 0.2) is 22.6 Å². The third-order valence-corrected chi connectivity index (χ3v) is 4.39. The fourth-order valence-electron chi connectivity index (χ4n) is 2.27. The minimum absolute atomic E-state index is 0.0984. The molecule has 20 heavy (non-hydrogen) atoms. The third-order valence-electron chi connectivity index (χ3n) is 3.44. The molecule has 1 aromatic heterocycles. The van der Waals surface area contributed by atoms with E-state index in [-0.39, 0.29) is 11.8 Å². The van der Waals surface area contributed by atoms with E-state index in [4.69, 9.17) is 4.42 Å². The normalized spacial score (nSPS) is 16.1. The van der Waals surface area contributed by atoms with Gasteiger partial charge in [0.25, 0.3) is 5.91 Å². The van der Waals surface area contributed by atoms with Gasteiger partial charge in [-0.25, -0.2) is 4.98 Å². The molecule has 0 aliphatic carbocycles. The van der Waals surface area contributed by atoms with E-state index in [1.807, 2.05) is 48.7 Å². The molecule has 3 rings (SSSR count). The Bertz CT molecular complexity index is 630. The van der Waals surface area contributed by atoms with Crippen LogP contribution in [0.5, 0.6) is 0 Å². The van der Waals surface area contributed by atoms with Crippen LogP contribution in [0, 0.1) is 0 Å². The van der Waals surface area contributed by atoms with Gasteiger partial charge in [-0.2, -0.15) is 11.8 Å². The van der Waals surface area contributed by atoms with E-state index >= 15 is 0 Å². The maximum Gasteiger partial charge on any atom is 0.253 e. The van der Waals surface area contributed by atoms with E-state index < -0.39 is 0 Å². The van der Waals surface area contributed by atoms with Gasteiger partial charge in [-0.15, -0.1) is 0 Å². The second-order valence-corrected chi connectivity index (χ2v) is 6.52. The van der Waals surface area contributed by atoms with Crippen molar-refractivity contribution in [2.45, 2.75) is 19.8 Å². The second-order valence-electron chi connectivity index (χ2n) is 5.29. The Hall–Kier alpha value is -1.49. The van der Waals surface area contributed by atoms with E-state index in [9.17, 15) is 4.79 Å². The van der Waals surface area contributed by atoms with E-state index in [1.165, 1.54) is 0 Å². The van der Waals surface area contributed by atoms with Crippen molar-refractivity contribution in [2.75, 3.05) is 24.6 Å². The van der Waals surface area contributed by atoms with Gasteiger partial charge in [0.05, 0.1) is 0 Å². The van der Waals surface area contributed by atoms with Crippen molar-refractivity contribution in [3.63, 3.8) is 0 Å². The van der Waals surface area contributed by atoms with Crippen LogP contribution in [0.4, 0.5) is 0 Å².